The van der Waals surface area contributed by atoms with Gasteiger partial charge in [0.05, 0.1) is 32.2 Å². The summed E-state index contributed by atoms with van der Waals surface area (Å²) in [6, 6.07) is 1.02. The molecule has 0 saturated carbocycles. The van der Waals surface area contributed by atoms with Gasteiger partial charge in [-0.15, -0.1) is 0 Å². The van der Waals surface area contributed by atoms with Crippen LogP contribution in [0.5, 0.6) is 0 Å². The highest BCUT2D eigenvalue weighted by Crippen LogP contribution is 2.02. The van der Waals surface area contributed by atoms with Crippen LogP contribution in [0.1, 0.15) is 38.5 Å². The highest BCUT2D eigenvalue weighted by atomic mass is 15.2. The summed E-state index contributed by atoms with van der Waals surface area (Å²) in [5, 5.41) is 2.48. The van der Waals surface area contributed by atoms with Crippen molar-refractivity contribution in [3.05, 3.63) is 0 Å². The van der Waals surface area contributed by atoms with Gasteiger partial charge in [0.2, 0.25) is 0 Å². The van der Waals surface area contributed by atoms with Crippen molar-refractivity contribution in [1.82, 2.24) is 0 Å². The summed E-state index contributed by atoms with van der Waals surface area (Å²) in [5.41, 5.74) is 0. The van der Waals surface area contributed by atoms with Gasteiger partial charge in [0, 0.05) is 12.8 Å². The van der Waals surface area contributed by atoms with Crippen LogP contribution >= 0.6 is 0 Å². The van der Waals surface area contributed by atoms with Crippen LogP contribution in [-0.2, 0) is 0 Å². The Kier molecular flexibility index (Phi) is 3.62. The second kappa shape index (κ2) is 4.97. The number of nitrogens with two attached hydrogens (primary N) is 1. The Morgan fingerprint density at radius 3 is 2.08 bits per heavy atom. The minimum Gasteiger partial charge on any atom is -0.346 e. The predicted octanol–water partition coefficient (Wildman–Crippen LogP) is -0.829. The number of hydrogen-bond acceptors (Lipinski definition) is 0. The first-order valence-electron chi connectivity index (χ1n) is 6.13. The van der Waals surface area contributed by atoms with Crippen molar-refractivity contribution in [2.24, 2.45) is 0 Å². The van der Waals surface area contributed by atoms with Gasteiger partial charge in [-0.05, 0) is 25.7 Å². The van der Waals surface area contributed by atoms with Gasteiger partial charge >= 0.3 is 0 Å². The average molecular weight is 184 g/mol. The lowest BCUT2D eigenvalue weighted by atomic mass is 10.0. The molecule has 0 unspecified atom stereocenters. The zero-order valence-electron chi connectivity index (χ0n) is 8.73. The van der Waals surface area contributed by atoms with Gasteiger partial charge in [-0.3, -0.25) is 0 Å². The Morgan fingerprint density at radius 2 is 1.46 bits per heavy atom. The first-order valence-corrected chi connectivity index (χ1v) is 6.13. The van der Waals surface area contributed by atoms with E-state index in [1.54, 1.807) is 0 Å². The molecule has 0 bridgehead atoms. The summed E-state index contributed by atoms with van der Waals surface area (Å²) in [4.78, 5) is 1.94. The van der Waals surface area contributed by atoms with Gasteiger partial charge in [-0.1, -0.05) is 0 Å². The number of quaternary nitrogens is 2. The van der Waals surface area contributed by atoms with Crippen molar-refractivity contribution in [2.75, 3.05) is 26.2 Å². The van der Waals surface area contributed by atoms with E-state index in [1.165, 1.54) is 64.7 Å². The zero-order valence-corrected chi connectivity index (χ0v) is 8.73. The molecule has 2 aliphatic heterocycles. The number of nitrogens with one attached hydrogen (secondary N) is 1. The molecular formula is C11H24N2+2. The smallest absolute Gasteiger partial charge is 0.0983 e. The largest absolute Gasteiger partial charge is 0.346 e. The summed E-state index contributed by atoms with van der Waals surface area (Å²) >= 11 is 0. The van der Waals surface area contributed by atoms with Gasteiger partial charge in [-0.2, -0.15) is 0 Å². The van der Waals surface area contributed by atoms with Crippen LogP contribution in [0, 0.1) is 0 Å². The molecule has 76 valence electrons. The summed E-state index contributed by atoms with van der Waals surface area (Å²) in [7, 11) is 0. The monoisotopic (exact) mass is 184 g/mol. The minimum atomic E-state index is 1.02. The Bertz CT molecular complexity index is 133. The summed E-state index contributed by atoms with van der Waals surface area (Å²) in [5.74, 6) is 0. The molecule has 13 heavy (non-hydrogen) atoms. The van der Waals surface area contributed by atoms with Crippen LogP contribution in [0.15, 0.2) is 0 Å². The molecule has 0 aromatic heterocycles. The van der Waals surface area contributed by atoms with Gasteiger partial charge in [0.25, 0.3) is 0 Å². The Morgan fingerprint density at radius 1 is 0.846 bits per heavy atom. The molecule has 0 radical (unpaired) electrons. The standard InChI is InChI=1S/C11H22N2/c1-2-4-10-13(9-3-1)11-5-7-12-8-6-11/h11-12H,1-10H2/p+2. The third-order valence-corrected chi connectivity index (χ3v) is 3.76. The summed E-state index contributed by atoms with van der Waals surface area (Å²) in [6.07, 6.45) is 8.88. The van der Waals surface area contributed by atoms with Crippen molar-refractivity contribution >= 4 is 0 Å². The van der Waals surface area contributed by atoms with Crippen LogP contribution < -0.4 is 10.2 Å². The molecule has 0 atom stereocenters. The summed E-state index contributed by atoms with van der Waals surface area (Å²) < 4.78 is 0. The van der Waals surface area contributed by atoms with Crippen molar-refractivity contribution in [3.8, 4) is 0 Å². The van der Waals surface area contributed by atoms with E-state index < -0.39 is 0 Å². The molecule has 0 aromatic carbocycles. The third-order valence-electron chi connectivity index (χ3n) is 3.76. The van der Waals surface area contributed by atoms with Crippen LogP contribution in [-0.4, -0.2) is 32.2 Å². The fourth-order valence-corrected chi connectivity index (χ4v) is 2.93. The molecule has 0 spiro atoms. The third kappa shape index (κ3) is 2.68. The highest BCUT2D eigenvalue weighted by Gasteiger charge is 2.26. The number of rotatable bonds is 1. The Balaban J connectivity index is 1.82. The SMILES string of the molecule is C1CCC[NH+](C2CC[NH2+]CC2)CC1. The van der Waals surface area contributed by atoms with Crippen molar-refractivity contribution in [2.45, 2.75) is 44.6 Å². The van der Waals surface area contributed by atoms with E-state index in [2.05, 4.69) is 5.32 Å². The maximum absolute atomic E-state index is 2.48. The van der Waals surface area contributed by atoms with E-state index in [-0.39, 0.29) is 0 Å². The Labute approximate surface area is 81.7 Å². The maximum atomic E-state index is 2.48. The molecule has 2 aliphatic rings. The van der Waals surface area contributed by atoms with Gasteiger partial charge in [-0.25, -0.2) is 0 Å². The van der Waals surface area contributed by atoms with Crippen molar-refractivity contribution in [3.63, 3.8) is 0 Å². The molecule has 2 rings (SSSR count). The number of hydrogen-bond donors (Lipinski definition) is 2. The van der Waals surface area contributed by atoms with E-state index >= 15 is 0 Å². The summed E-state index contributed by atoms with van der Waals surface area (Å²) in [6.45, 7) is 5.69. The first-order chi connectivity index (χ1) is 6.47. The zero-order chi connectivity index (χ0) is 8.93. The van der Waals surface area contributed by atoms with E-state index in [9.17, 15) is 0 Å². The molecule has 0 aliphatic carbocycles. The fourth-order valence-electron chi connectivity index (χ4n) is 2.93. The molecule has 2 heterocycles. The quantitative estimate of drug-likeness (QED) is 0.531. The molecular weight excluding hydrogens is 160 g/mol. The fraction of sp³-hybridized carbons (Fsp3) is 1.00. The normalized spacial score (nSPS) is 28.6. The molecule has 0 amide bonds. The minimum absolute atomic E-state index is 1.02. The highest BCUT2D eigenvalue weighted by molar-refractivity contribution is 4.59. The molecule has 2 heteroatoms. The predicted molar refractivity (Wildman–Crippen MR) is 53.8 cm³/mol. The Hall–Kier alpha value is -0.0800. The molecule has 2 saturated heterocycles. The van der Waals surface area contributed by atoms with E-state index in [0.717, 1.165) is 6.04 Å². The first kappa shape index (κ1) is 9.47. The van der Waals surface area contributed by atoms with Gasteiger partial charge in [0.15, 0.2) is 0 Å². The molecule has 0 aromatic rings. The topological polar surface area (TPSA) is 21.1 Å². The van der Waals surface area contributed by atoms with Crippen LogP contribution in [0.25, 0.3) is 0 Å². The average Bonchev–Trinajstić information content (AvgIpc) is 2.47. The molecule has 2 nitrogen and oxygen atoms in total. The van der Waals surface area contributed by atoms with E-state index in [4.69, 9.17) is 0 Å². The lowest BCUT2D eigenvalue weighted by Crippen LogP contribution is -3.17. The van der Waals surface area contributed by atoms with Crippen molar-refractivity contribution in [1.29, 1.82) is 0 Å². The second-order valence-electron chi connectivity index (χ2n) is 4.71. The van der Waals surface area contributed by atoms with E-state index in [0.29, 0.717) is 0 Å². The lowest BCUT2D eigenvalue weighted by molar-refractivity contribution is -0.932. The second-order valence-corrected chi connectivity index (χ2v) is 4.71. The maximum Gasteiger partial charge on any atom is 0.0983 e. The van der Waals surface area contributed by atoms with Crippen LogP contribution in [0.2, 0.25) is 0 Å². The number of piperidine rings is 1. The van der Waals surface area contributed by atoms with Crippen molar-refractivity contribution < 1.29 is 10.2 Å². The van der Waals surface area contributed by atoms with Gasteiger partial charge < -0.3 is 10.2 Å². The van der Waals surface area contributed by atoms with Gasteiger partial charge in [0.1, 0.15) is 0 Å². The van der Waals surface area contributed by atoms with Crippen LogP contribution in [0.4, 0.5) is 0 Å². The van der Waals surface area contributed by atoms with E-state index in [1.807, 2.05) is 4.90 Å². The molecule has 3 N–H and O–H groups in total. The molecule has 2 fully saturated rings. The number of likely N-dealkylation sites (tertiary alicyclic amines) is 1. The lowest BCUT2D eigenvalue weighted by Gasteiger charge is -2.29. The van der Waals surface area contributed by atoms with Crippen LogP contribution in [0.3, 0.4) is 0 Å².